The van der Waals surface area contributed by atoms with Crippen LogP contribution in [0.5, 0.6) is 0 Å². The standard InChI is InChI=1S/C7H14N2O/c1-6(8-2)7-5-9-3-4-10-7/h7,9H,3-5H2,1-2H3. The van der Waals surface area contributed by atoms with Crippen molar-refractivity contribution in [1.29, 1.82) is 0 Å². The average Bonchev–Trinajstić information content (AvgIpc) is 2.05. The molecule has 0 bridgehead atoms. The van der Waals surface area contributed by atoms with Crippen LogP contribution >= 0.6 is 0 Å². The Hall–Kier alpha value is -0.410. The molecular formula is C7H14N2O. The second-order valence-corrected chi connectivity index (χ2v) is 2.43. The van der Waals surface area contributed by atoms with Crippen LogP contribution in [0.2, 0.25) is 0 Å². The summed E-state index contributed by atoms with van der Waals surface area (Å²) in [5.41, 5.74) is 1.08. The van der Waals surface area contributed by atoms with Gasteiger partial charge in [-0.3, -0.25) is 4.99 Å². The van der Waals surface area contributed by atoms with E-state index in [4.69, 9.17) is 4.74 Å². The maximum atomic E-state index is 5.44. The van der Waals surface area contributed by atoms with Crippen molar-refractivity contribution in [2.45, 2.75) is 13.0 Å². The molecule has 1 saturated heterocycles. The first-order chi connectivity index (χ1) is 4.84. The van der Waals surface area contributed by atoms with Crippen molar-refractivity contribution >= 4 is 5.71 Å². The number of ether oxygens (including phenoxy) is 1. The van der Waals surface area contributed by atoms with Crippen molar-refractivity contribution in [2.24, 2.45) is 4.99 Å². The Labute approximate surface area is 61.5 Å². The second kappa shape index (κ2) is 3.68. The first kappa shape index (κ1) is 7.69. The van der Waals surface area contributed by atoms with Gasteiger partial charge < -0.3 is 10.1 Å². The minimum absolute atomic E-state index is 0.207. The lowest BCUT2D eigenvalue weighted by Gasteiger charge is -2.23. The zero-order valence-corrected chi connectivity index (χ0v) is 6.55. The Morgan fingerprint density at radius 2 is 2.50 bits per heavy atom. The third kappa shape index (κ3) is 1.78. The Bertz CT molecular complexity index is 128. The third-order valence-electron chi connectivity index (χ3n) is 1.75. The number of nitrogens with zero attached hydrogens (tertiary/aromatic N) is 1. The van der Waals surface area contributed by atoms with Gasteiger partial charge in [0.25, 0.3) is 0 Å². The van der Waals surface area contributed by atoms with Gasteiger partial charge in [0.15, 0.2) is 0 Å². The highest BCUT2D eigenvalue weighted by atomic mass is 16.5. The quantitative estimate of drug-likeness (QED) is 0.525. The van der Waals surface area contributed by atoms with Crippen molar-refractivity contribution in [2.75, 3.05) is 26.7 Å². The smallest absolute Gasteiger partial charge is 0.107 e. The Kier molecular flexibility index (Phi) is 2.83. The number of hydrogen-bond donors (Lipinski definition) is 1. The van der Waals surface area contributed by atoms with E-state index in [1.807, 2.05) is 6.92 Å². The zero-order chi connectivity index (χ0) is 7.40. The largest absolute Gasteiger partial charge is 0.370 e. The van der Waals surface area contributed by atoms with Gasteiger partial charge in [0, 0.05) is 25.8 Å². The summed E-state index contributed by atoms with van der Waals surface area (Å²) in [6, 6.07) is 0. The van der Waals surface area contributed by atoms with E-state index in [1.54, 1.807) is 7.05 Å². The summed E-state index contributed by atoms with van der Waals surface area (Å²) in [4.78, 5) is 4.06. The first-order valence-electron chi connectivity index (χ1n) is 3.60. The van der Waals surface area contributed by atoms with Gasteiger partial charge in [0.05, 0.1) is 6.61 Å². The van der Waals surface area contributed by atoms with Crippen molar-refractivity contribution in [1.82, 2.24) is 5.32 Å². The van der Waals surface area contributed by atoms with E-state index in [-0.39, 0.29) is 6.10 Å². The van der Waals surface area contributed by atoms with Crippen LogP contribution in [0.4, 0.5) is 0 Å². The summed E-state index contributed by atoms with van der Waals surface area (Å²) in [7, 11) is 1.80. The Morgan fingerprint density at radius 1 is 1.70 bits per heavy atom. The topological polar surface area (TPSA) is 33.6 Å². The van der Waals surface area contributed by atoms with Gasteiger partial charge in [-0.25, -0.2) is 0 Å². The molecule has 0 saturated carbocycles. The van der Waals surface area contributed by atoms with Crippen LogP contribution in [0.25, 0.3) is 0 Å². The van der Waals surface area contributed by atoms with E-state index in [0.29, 0.717) is 0 Å². The molecule has 0 spiro atoms. The summed E-state index contributed by atoms with van der Waals surface area (Å²) >= 11 is 0. The third-order valence-corrected chi connectivity index (χ3v) is 1.75. The highest BCUT2D eigenvalue weighted by Gasteiger charge is 2.14. The molecule has 3 nitrogen and oxygen atoms in total. The van der Waals surface area contributed by atoms with Gasteiger partial charge in [-0.2, -0.15) is 0 Å². The molecule has 0 amide bonds. The van der Waals surface area contributed by atoms with Crippen LogP contribution in [0.3, 0.4) is 0 Å². The molecular weight excluding hydrogens is 128 g/mol. The van der Waals surface area contributed by atoms with Crippen LogP contribution in [0.1, 0.15) is 6.92 Å². The maximum absolute atomic E-state index is 5.44. The summed E-state index contributed by atoms with van der Waals surface area (Å²) in [6.07, 6.45) is 0.207. The number of nitrogens with one attached hydrogen (secondary N) is 1. The van der Waals surface area contributed by atoms with Crippen molar-refractivity contribution in [3.63, 3.8) is 0 Å². The van der Waals surface area contributed by atoms with E-state index in [1.165, 1.54) is 0 Å². The normalized spacial score (nSPS) is 28.6. The van der Waals surface area contributed by atoms with Crippen molar-refractivity contribution in [3.05, 3.63) is 0 Å². The molecule has 0 aromatic heterocycles. The van der Waals surface area contributed by atoms with Gasteiger partial charge in [0.2, 0.25) is 0 Å². The summed E-state index contributed by atoms with van der Waals surface area (Å²) in [6.45, 7) is 4.67. The van der Waals surface area contributed by atoms with Crippen LogP contribution in [-0.4, -0.2) is 38.6 Å². The lowest BCUT2D eigenvalue weighted by Crippen LogP contribution is -2.42. The molecule has 0 aromatic carbocycles. The molecule has 1 heterocycles. The number of rotatable bonds is 1. The van der Waals surface area contributed by atoms with E-state index in [2.05, 4.69) is 10.3 Å². The monoisotopic (exact) mass is 142 g/mol. The number of morpholine rings is 1. The lowest BCUT2D eigenvalue weighted by molar-refractivity contribution is 0.0707. The zero-order valence-electron chi connectivity index (χ0n) is 6.55. The molecule has 1 rings (SSSR count). The predicted molar refractivity (Wildman–Crippen MR) is 41.6 cm³/mol. The highest BCUT2D eigenvalue weighted by Crippen LogP contribution is 1.97. The van der Waals surface area contributed by atoms with Crippen LogP contribution in [0.15, 0.2) is 4.99 Å². The van der Waals surface area contributed by atoms with Crippen LogP contribution in [0, 0.1) is 0 Å². The SMILES string of the molecule is CN=C(C)C1CNCCO1. The van der Waals surface area contributed by atoms with E-state index in [9.17, 15) is 0 Å². The average molecular weight is 142 g/mol. The highest BCUT2D eigenvalue weighted by molar-refractivity contribution is 5.86. The number of aliphatic imine (C=N–C) groups is 1. The van der Waals surface area contributed by atoms with E-state index >= 15 is 0 Å². The van der Waals surface area contributed by atoms with E-state index < -0.39 is 0 Å². The van der Waals surface area contributed by atoms with Gasteiger partial charge in [-0.15, -0.1) is 0 Å². The summed E-state index contributed by atoms with van der Waals surface area (Å²) in [5.74, 6) is 0. The maximum Gasteiger partial charge on any atom is 0.107 e. The lowest BCUT2D eigenvalue weighted by atomic mass is 10.2. The van der Waals surface area contributed by atoms with Crippen molar-refractivity contribution < 1.29 is 4.74 Å². The molecule has 1 N–H and O–H groups in total. The molecule has 1 fully saturated rings. The molecule has 10 heavy (non-hydrogen) atoms. The molecule has 3 heteroatoms. The Morgan fingerprint density at radius 3 is 3.00 bits per heavy atom. The fraction of sp³-hybridized carbons (Fsp3) is 0.857. The fourth-order valence-corrected chi connectivity index (χ4v) is 0.978. The Balaban J connectivity index is 2.39. The second-order valence-electron chi connectivity index (χ2n) is 2.43. The van der Waals surface area contributed by atoms with E-state index in [0.717, 1.165) is 25.4 Å². The number of hydrogen-bond acceptors (Lipinski definition) is 3. The van der Waals surface area contributed by atoms with Gasteiger partial charge in [-0.05, 0) is 6.92 Å². The molecule has 0 aliphatic carbocycles. The molecule has 1 unspecified atom stereocenters. The van der Waals surface area contributed by atoms with Crippen LogP contribution < -0.4 is 5.32 Å². The molecule has 1 atom stereocenters. The molecule has 1 aliphatic rings. The fourth-order valence-electron chi connectivity index (χ4n) is 0.978. The van der Waals surface area contributed by atoms with Gasteiger partial charge in [-0.1, -0.05) is 0 Å². The van der Waals surface area contributed by atoms with Crippen molar-refractivity contribution in [3.8, 4) is 0 Å². The summed E-state index contributed by atoms with van der Waals surface area (Å²) in [5, 5.41) is 3.24. The first-order valence-corrected chi connectivity index (χ1v) is 3.60. The van der Waals surface area contributed by atoms with Gasteiger partial charge >= 0.3 is 0 Å². The minimum atomic E-state index is 0.207. The minimum Gasteiger partial charge on any atom is -0.370 e. The molecule has 0 radical (unpaired) electrons. The molecule has 58 valence electrons. The predicted octanol–water partition coefficient (Wildman–Crippen LogP) is 0.0655. The molecule has 1 aliphatic heterocycles. The molecule has 0 aromatic rings. The van der Waals surface area contributed by atoms with Crippen LogP contribution in [-0.2, 0) is 4.74 Å². The summed E-state index contributed by atoms with van der Waals surface area (Å²) < 4.78 is 5.44. The van der Waals surface area contributed by atoms with Gasteiger partial charge in [0.1, 0.15) is 6.10 Å².